The van der Waals surface area contributed by atoms with Gasteiger partial charge in [0.15, 0.2) is 0 Å². The quantitative estimate of drug-likeness (QED) is 0.719. The first-order valence-corrected chi connectivity index (χ1v) is 6.36. The van der Waals surface area contributed by atoms with E-state index >= 15 is 0 Å². The Hall–Kier alpha value is -0.0800. The molecule has 2 N–H and O–H groups in total. The number of piperidine rings is 2. The number of hydrogen-bond acceptors (Lipinski definition) is 2. The van der Waals surface area contributed by atoms with Crippen LogP contribution in [0.3, 0.4) is 0 Å². The van der Waals surface area contributed by atoms with E-state index in [-0.39, 0.29) is 0 Å². The normalized spacial score (nSPS) is 30.4. The van der Waals surface area contributed by atoms with Crippen LogP contribution in [0.4, 0.5) is 0 Å². The Morgan fingerprint density at radius 2 is 1.57 bits per heavy atom. The summed E-state index contributed by atoms with van der Waals surface area (Å²) >= 11 is 0. The second kappa shape index (κ2) is 5.72. The van der Waals surface area contributed by atoms with Crippen LogP contribution in [0.25, 0.3) is 0 Å². The summed E-state index contributed by atoms with van der Waals surface area (Å²) in [4.78, 5) is 0. The Kier molecular flexibility index (Phi) is 4.26. The lowest BCUT2D eigenvalue weighted by Gasteiger charge is -2.27. The van der Waals surface area contributed by atoms with Crippen LogP contribution < -0.4 is 10.6 Å². The summed E-state index contributed by atoms with van der Waals surface area (Å²) in [6.45, 7) is 5.05. The predicted octanol–water partition coefficient (Wildman–Crippen LogP) is 1.77. The molecule has 2 saturated heterocycles. The van der Waals surface area contributed by atoms with E-state index in [1.165, 1.54) is 64.7 Å². The van der Waals surface area contributed by atoms with E-state index in [4.69, 9.17) is 0 Å². The first-order valence-electron chi connectivity index (χ1n) is 6.36. The third kappa shape index (κ3) is 3.25. The summed E-state index contributed by atoms with van der Waals surface area (Å²) in [5, 5.41) is 6.95. The van der Waals surface area contributed by atoms with Crippen molar-refractivity contribution in [3.8, 4) is 0 Å². The highest BCUT2D eigenvalue weighted by Gasteiger charge is 2.17. The summed E-state index contributed by atoms with van der Waals surface area (Å²) in [5.41, 5.74) is 0. The van der Waals surface area contributed by atoms with Crippen LogP contribution in [0.5, 0.6) is 0 Å². The fourth-order valence-electron chi connectivity index (χ4n) is 2.81. The number of hydrogen-bond donors (Lipinski definition) is 2. The van der Waals surface area contributed by atoms with E-state index in [1.54, 1.807) is 0 Å². The Balaban J connectivity index is 1.60. The van der Waals surface area contributed by atoms with Gasteiger partial charge in [0.1, 0.15) is 0 Å². The van der Waals surface area contributed by atoms with Crippen molar-refractivity contribution in [2.24, 2.45) is 11.8 Å². The van der Waals surface area contributed by atoms with Gasteiger partial charge in [0.25, 0.3) is 0 Å². The summed E-state index contributed by atoms with van der Waals surface area (Å²) in [6.07, 6.45) is 8.65. The molecule has 0 bridgehead atoms. The highest BCUT2D eigenvalue weighted by Crippen LogP contribution is 2.23. The number of rotatable bonds is 3. The largest absolute Gasteiger partial charge is 0.317 e. The van der Waals surface area contributed by atoms with Crippen molar-refractivity contribution in [3.63, 3.8) is 0 Å². The SMILES string of the molecule is C1CNCC(CCC2CCNCC2)C1. The van der Waals surface area contributed by atoms with E-state index in [2.05, 4.69) is 10.6 Å². The lowest BCUT2D eigenvalue weighted by Crippen LogP contribution is -2.31. The van der Waals surface area contributed by atoms with Crippen molar-refractivity contribution in [3.05, 3.63) is 0 Å². The van der Waals surface area contributed by atoms with Crippen molar-refractivity contribution < 1.29 is 0 Å². The van der Waals surface area contributed by atoms with Gasteiger partial charge in [-0.1, -0.05) is 6.42 Å². The third-order valence-electron chi connectivity index (χ3n) is 3.84. The van der Waals surface area contributed by atoms with Gasteiger partial charge in [-0.15, -0.1) is 0 Å². The van der Waals surface area contributed by atoms with Gasteiger partial charge in [0.2, 0.25) is 0 Å². The van der Waals surface area contributed by atoms with Gasteiger partial charge >= 0.3 is 0 Å². The summed E-state index contributed by atoms with van der Waals surface area (Å²) < 4.78 is 0. The monoisotopic (exact) mass is 196 g/mol. The van der Waals surface area contributed by atoms with Crippen molar-refractivity contribution >= 4 is 0 Å². The molecule has 2 fully saturated rings. The van der Waals surface area contributed by atoms with Crippen LogP contribution >= 0.6 is 0 Å². The zero-order chi connectivity index (χ0) is 9.64. The predicted molar refractivity (Wildman–Crippen MR) is 60.4 cm³/mol. The third-order valence-corrected chi connectivity index (χ3v) is 3.84. The van der Waals surface area contributed by atoms with Crippen molar-refractivity contribution in [1.82, 2.24) is 10.6 Å². The molecule has 2 heteroatoms. The first-order chi connectivity index (χ1) is 6.95. The minimum Gasteiger partial charge on any atom is -0.317 e. The van der Waals surface area contributed by atoms with Gasteiger partial charge in [0, 0.05) is 0 Å². The molecule has 2 aliphatic rings. The molecule has 2 heterocycles. The van der Waals surface area contributed by atoms with Gasteiger partial charge in [-0.25, -0.2) is 0 Å². The second-order valence-corrected chi connectivity index (χ2v) is 4.98. The second-order valence-electron chi connectivity index (χ2n) is 4.98. The Labute approximate surface area is 87.8 Å². The smallest absolute Gasteiger partial charge is 0.00205 e. The van der Waals surface area contributed by atoms with Crippen LogP contribution in [0.15, 0.2) is 0 Å². The molecule has 2 rings (SSSR count). The maximum Gasteiger partial charge on any atom is -0.00205 e. The van der Waals surface area contributed by atoms with Crippen LogP contribution in [0, 0.1) is 11.8 Å². The molecule has 0 amide bonds. The molecule has 2 aliphatic heterocycles. The van der Waals surface area contributed by atoms with E-state index in [1.807, 2.05) is 0 Å². The van der Waals surface area contributed by atoms with Crippen LogP contribution in [0.1, 0.15) is 38.5 Å². The van der Waals surface area contributed by atoms with Crippen molar-refractivity contribution in [1.29, 1.82) is 0 Å². The minimum atomic E-state index is 0.985. The van der Waals surface area contributed by atoms with E-state index in [9.17, 15) is 0 Å². The number of nitrogens with one attached hydrogen (secondary N) is 2. The fraction of sp³-hybridized carbons (Fsp3) is 1.00. The molecule has 0 aliphatic carbocycles. The molecule has 82 valence electrons. The molecule has 0 saturated carbocycles. The molecular weight excluding hydrogens is 172 g/mol. The maximum absolute atomic E-state index is 3.51. The van der Waals surface area contributed by atoms with Crippen molar-refractivity contribution in [2.75, 3.05) is 26.2 Å². The Bertz CT molecular complexity index is 128. The molecule has 0 aromatic carbocycles. The van der Waals surface area contributed by atoms with Crippen molar-refractivity contribution in [2.45, 2.75) is 38.5 Å². The van der Waals surface area contributed by atoms with Gasteiger partial charge < -0.3 is 10.6 Å². The summed E-state index contributed by atoms with van der Waals surface area (Å²) in [7, 11) is 0. The highest BCUT2D eigenvalue weighted by molar-refractivity contribution is 4.73. The standard InChI is InChI=1S/C12H24N2/c1-2-12(10-14-7-1)4-3-11-5-8-13-9-6-11/h11-14H,1-10H2. The van der Waals surface area contributed by atoms with Crippen LogP contribution in [-0.4, -0.2) is 26.2 Å². The maximum atomic E-state index is 3.51. The van der Waals surface area contributed by atoms with Crippen LogP contribution in [0.2, 0.25) is 0 Å². The fourth-order valence-corrected chi connectivity index (χ4v) is 2.81. The van der Waals surface area contributed by atoms with Gasteiger partial charge in [-0.05, 0) is 70.1 Å². The summed E-state index contributed by atoms with van der Waals surface area (Å²) in [5.74, 6) is 2.01. The minimum absolute atomic E-state index is 0.985. The molecule has 14 heavy (non-hydrogen) atoms. The van der Waals surface area contributed by atoms with Gasteiger partial charge in [0.05, 0.1) is 0 Å². The molecule has 2 nitrogen and oxygen atoms in total. The zero-order valence-electron chi connectivity index (χ0n) is 9.23. The van der Waals surface area contributed by atoms with Gasteiger partial charge in [-0.3, -0.25) is 0 Å². The topological polar surface area (TPSA) is 24.1 Å². The molecule has 0 aromatic rings. The first kappa shape index (κ1) is 10.4. The molecular formula is C12H24N2. The Morgan fingerprint density at radius 3 is 2.29 bits per heavy atom. The molecule has 0 radical (unpaired) electrons. The average molecular weight is 196 g/mol. The lowest BCUT2D eigenvalue weighted by atomic mass is 9.87. The molecule has 1 atom stereocenters. The summed E-state index contributed by atoms with van der Waals surface area (Å²) in [6, 6.07) is 0. The molecule has 0 spiro atoms. The lowest BCUT2D eigenvalue weighted by molar-refractivity contribution is 0.289. The van der Waals surface area contributed by atoms with E-state index in [0.717, 1.165) is 11.8 Å². The zero-order valence-corrected chi connectivity index (χ0v) is 9.23. The van der Waals surface area contributed by atoms with E-state index < -0.39 is 0 Å². The van der Waals surface area contributed by atoms with E-state index in [0.29, 0.717) is 0 Å². The Morgan fingerprint density at radius 1 is 0.786 bits per heavy atom. The van der Waals surface area contributed by atoms with Gasteiger partial charge in [-0.2, -0.15) is 0 Å². The van der Waals surface area contributed by atoms with Crippen LogP contribution in [-0.2, 0) is 0 Å². The average Bonchev–Trinajstić information content (AvgIpc) is 2.29. The highest BCUT2D eigenvalue weighted by atomic mass is 14.9. The molecule has 0 aromatic heterocycles. The molecule has 1 unspecified atom stereocenters.